The largest absolute Gasteiger partial charge is 0.348 e. The summed E-state index contributed by atoms with van der Waals surface area (Å²) < 4.78 is 0. The van der Waals surface area contributed by atoms with Crippen LogP contribution in [0.15, 0.2) is 18.2 Å². The summed E-state index contributed by atoms with van der Waals surface area (Å²) in [7, 11) is 0. The predicted octanol–water partition coefficient (Wildman–Crippen LogP) is 1.87. The predicted molar refractivity (Wildman–Crippen MR) is 79.0 cm³/mol. The van der Waals surface area contributed by atoms with Crippen LogP contribution in [0.25, 0.3) is 0 Å². The van der Waals surface area contributed by atoms with Crippen LogP contribution in [-0.4, -0.2) is 40.8 Å². The molecule has 2 aliphatic rings. The van der Waals surface area contributed by atoms with E-state index >= 15 is 0 Å². The Bertz CT molecular complexity index is 552. The Morgan fingerprint density at radius 3 is 2.52 bits per heavy atom. The number of rotatable bonds is 3. The van der Waals surface area contributed by atoms with Gasteiger partial charge in [0, 0.05) is 25.0 Å². The molecule has 1 aromatic rings. The molecule has 0 aromatic carbocycles. The van der Waals surface area contributed by atoms with Crippen LogP contribution in [0.5, 0.6) is 0 Å². The SMILES string of the molecule is O=C(NC1CCN(C(=O)C2CC2)CC1)c1cccc(Cl)n1. The summed E-state index contributed by atoms with van der Waals surface area (Å²) in [5.41, 5.74) is 0.332. The summed E-state index contributed by atoms with van der Waals surface area (Å²) in [6.45, 7) is 1.45. The second-order valence-corrected chi connectivity index (χ2v) is 6.08. The Morgan fingerprint density at radius 2 is 1.90 bits per heavy atom. The molecule has 21 heavy (non-hydrogen) atoms. The van der Waals surface area contributed by atoms with Gasteiger partial charge in [-0.1, -0.05) is 17.7 Å². The molecule has 1 saturated carbocycles. The summed E-state index contributed by atoms with van der Waals surface area (Å²) >= 11 is 5.79. The molecule has 1 saturated heterocycles. The Kier molecular flexibility index (Phi) is 4.10. The Morgan fingerprint density at radius 1 is 1.19 bits per heavy atom. The number of nitrogens with zero attached hydrogens (tertiary/aromatic N) is 2. The van der Waals surface area contributed by atoms with Crippen molar-refractivity contribution in [2.24, 2.45) is 5.92 Å². The van der Waals surface area contributed by atoms with E-state index in [2.05, 4.69) is 10.3 Å². The van der Waals surface area contributed by atoms with Gasteiger partial charge in [-0.3, -0.25) is 9.59 Å². The van der Waals surface area contributed by atoms with Crippen molar-refractivity contribution >= 4 is 23.4 Å². The first-order valence-electron chi connectivity index (χ1n) is 7.35. The van der Waals surface area contributed by atoms with Gasteiger partial charge in [-0.15, -0.1) is 0 Å². The number of carbonyl (C=O) groups excluding carboxylic acids is 2. The molecular formula is C15H18ClN3O2. The maximum atomic E-state index is 12.1. The number of hydrogen-bond donors (Lipinski definition) is 1. The highest BCUT2D eigenvalue weighted by molar-refractivity contribution is 6.29. The fourth-order valence-corrected chi connectivity index (χ4v) is 2.79. The van der Waals surface area contributed by atoms with E-state index in [-0.39, 0.29) is 23.8 Å². The molecule has 1 aliphatic carbocycles. The zero-order chi connectivity index (χ0) is 14.8. The molecule has 3 rings (SSSR count). The first-order chi connectivity index (χ1) is 10.1. The second kappa shape index (κ2) is 6.02. The van der Waals surface area contributed by atoms with E-state index < -0.39 is 0 Å². The lowest BCUT2D eigenvalue weighted by Gasteiger charge is -2.32. The van der Waals surface area contributed by atoms with Gasteiger partial charge >= 0.3 is 0 Å². The highest BCUT2D eigenvalue weighted by Gasteiger charge is 2.35. The lowest BCUT2D eigenvalue weighted by atomic mass is 10.0. The van der Waals surface area contributed by atoms with E-state index in [1.165, 1.54) is 0 Å². The number of piperidine rings is 1. The van der Waals surface area contributed by atoms with E-state index in [0.29, 0.717) is 10.8 Å². The van der Waals surface area contributed by atoms with E-state index in [0.717, 1.165) is 38.8 Å². The van der Waals surface area contributed by atoms with Crippen LogP contribution in [0.3, 0.4) is 0 Å². The average Bonchev–Trinajstić information content (AvgIpc) is 3.32. The Hall–Kier alpha value is -1.62. The summed E-state index contributed by atoms with van der Waals surface area (Å²) in [6, 6.07) is 5.09. The maximum Gasteiger partial charge on any atom is 0.270 e. The van der Waals surface area contributed by atoms with Crippen molar-refractivity contribution in [3.8, 4) is 0 Å². The minimum Gasteiger partial charge on any atom is -0.348 e. The van der Waals surface area contributed by atoms with Crippen molar-refractivity contribution in [3.63, 3.8) is 0 Å². The fourth-order valence-electron chi connectivity index (χ4n) is 2.63. The number of aromatic nitrogens is 1. The smallest absolute Gasteiger partial charge is 0.270 e. The maximum absolute atomic E-state index is 12.1. The van der Waals surface area contributed by atoms with Gasteiger partial charge in [0.05, 0.1) is 0 Å². The molecule has 1 aromatic heterocycles. The quantitative estimate of drug-likeness (QED) is 0.867. The molecule has 2 heterocycles. The third-order valence-corrected chi connectivity index (χ3v) is 4.23. The van der Waals surface area contributed by atoms with Crippen LogP contribution in [-0.2, 0) is 4.79 Å². The fraction of sp³-hybridized carbons (Fsp3) is 0.533. The molecular weight excluding hydrogens is 290 g/mol. The lowest BCUT2D eigenvalue weighted by Crippen LogP contribution is -2.47. The number of carbonyl (C=O) groups is 2. The van der Waals surface area contributed by atoms with E-state index in [9.17, 15) is 9.59 Å². The Labute approximate surface area is 128 Å². The number of pyridine rings is 1. The van der Waals surface area contributed by atoms with Crippen LogP contribution >= 0.6 is 11.6 Å². The standard InChI is InChI=1S/C15H18ClN3O2/c16-13-3-1-2-12(18-13)14(20)17-11-6-8-19(9-7-11)15(21)10-4-5-10/h1-3,10-11H,4-9H2,(H,17,20). The number of amides is 2. The highest BCUT2D eigenvalue weighted by atomic mass is 35.5. The highest BCUT2D eigenvalue weighted by Crippen LogP contribution is 2.31. The first-order valence-corrected chi connectivity index (χ1v) is 7.73. The van der Waals surface area contributed by atoms with Gasteiger partial charge in [0.2, 0.25) is 5.91 Å². The van der Waals surface area contributed by atoms with Gasteiger partial charge in [0.1, 0.15) is 10.8 Å². The van der Waals surface area contributed by atoms with Crippen LogP contribution in [0.1, 0.15) is 36.2 Å². The molecule has 0 unspecified atom stereocenters. The zero-order valence-corrected chi connectivity index (χ0v) is 12.5. The molecule has 1 aliphatic heterocycles. The minimum atomic E-state index is -0.204. The second-order valence-electron chi connectivity index (χ2n) is 5.69. The van der Waals surface area contributed by atoms with Crippen LogP contribution in [0.2, 0.25) is 5.15 Å². The summed E-state index contributed by atoms with van der Waals surface area (Å²) in [5.74, 6) is 0.354. The number of nitrogens with one attached hydrogen (secondary N) is 1. The minimum absolute atomic E-state index is 0.0986. The molecule has 112 valence electrons. The number of likely N-dealkylation sites (tertiary alicyclic amines) is 1. The van der Waals surface area contributed by atoms with Crippen LogP contribution in [0, 0.1) is 5.92 Å². The number of hydrogen-bond acceptors (Lipinski definition) is 3. The topological polar surface area (TPSA) is 62.3 Å². The van der Waals surface area contributed by atoms with Gasteiger partial charge in [-0.25, -0.2) is 4.98 Å². The molecule has 0 radical (unpaired) electrons. The van der Waals surface area contributed by atoms with Gasteiger partial charge in [0.25, 0.3) is 5.91 Å². The molecule has 1 N–H and O–H groups in total. The molecule has 0 spiro atoms. The van der Waals surface area contributed by atoms with Crippen molar-refractivity contribution in [1.82, 2.24) is 15.2 Å². The normalized spacial score (nSPS) is 19.4. The van der Waals surface area contributed by atoms with Crippen LogP contribution in [0.4, 0.5) is 0 Å². The average molecular weight is 308 g/mol. The van der Waals surface area contributed by atoms with Crippen molar-refractivity contribution in [1.29, 1.82) is 0 Å². The molecule has 2 amide bonds. The monoisotopic (exact) mass is 307 g/mol. The van der Waals surface area contributed by atoms with Gasteiger partial charge in [0.15, 0.2) is 0 Å². The lowest BCUT2D eigenvalue weighted by molar-refractivity contribution is -0.133. The summed E-state index contributed by atoms with van der Waals surface area (Å²) in [4.78, 5) is 30.0. The van der Waals surface area contributed by atoms with E-state index in [1.54, 1.807) is 18.2 Å². The Balaban J connectivity index is 1.50. The van der Waals surface area contributed by atoms with Gasteiger partial charge in [-0.05, 0) is 37.8 Å². The molecule has 6 heteroatoms. The third-order valence-electron chi connectivity index (χ3n) is 4.02. The summed E-state index contributed by atoms with van der Waals surface area (Å²) in [6.07, 6.45) is 3.67. The van der Waals surface area contributed by atoms with Crippen molar-refractivity contribution in [3.05, 3.63) is 29.0 Å². The van der Waals surface area contributed by atoms with E-state index in [4.69, 9.17) is 11.6 Å². The van der Waals surface area contributed by atoms with Crippen LogP contribution < -0.4 is 5.32 Å². The molecule has 5 nitrogen and oxygen atoms in total. The van der Waals surface area contributed by atoms with Gasteiger partial charge < -0.3 is 10.2 Å². The first kappa shape index (κ1) is 14.3. The zero-order valence-electron chi connectivity index (χ0n) is 11.7. The van der Waals surface area contributed by atoms with Crippen molar-refractivity contribution in [2.75, 3.05) is 13.1 Å². The van der Waals surface area contributed by atoms with Crippen molar-refractivity contribution in [2.45, 2.75) is 31.7 Å². The third kappa shape index (κ3) is 3.53. The summed E-state index contributed by atoms with van der Waals surface area (Å²) in [5, 5.41) is 3.28. The number of halogens is 1. The molecule has 2 fully saturated rings. The van der Waals surface area contributed by atoms with E-state index in [1.807, 2.05) is 4.90 Å². The molecule has 0 bridgehead atoms. The van der Waals surface area contributed by atoms with Crippen molar-refractivity contribution < 1.29 is 9.59 Å². The van der Waals surface area contributed by atoms with Gasteiger partial charge in [-0.2, -0.15) is 0 Å². The molecule has 0 atom stereocenters.